The number of hydrogen-bond donors (Lipinski definition) is 1. The molecule has 0 amide bonds. The van der Waals surface area contributed by atoms with Gasteiger partial charge < -0.3 is 10.6 Å². The van der Waals surface area contributed by atoms with Gasteiger partial charge in [0.15, 0.2) is 0 Å². The van der Waals surface area contributed by atoms with Crippen LogP contribution in [0.25, 0.3) is 0 Å². The Bertz CT molecular complexity index is 379. The maximum absolute atomic E-state index is 10.7. The van der Waals surface area contributed by atoms with E-state index in [1.807, 2.05) is 13.8 Å². The molecule has 0 fully saturated rings. The largest absolute Gasteiger partial charge is 0.368 e. The Hall–Kier alpha value is -1.92. The van der Waals surface area contributed by atoms with Gasteiger partial charge in [0, 0.05) is 13.1 Å². The first-order valence-corrected chi connectivity index (χ1v) is 4.43. The Morgan fingerprint density at radius 1 is 1.60 bits per heavy atom. The second-order valence-electron chi connectivity index (χ2n) is 3.40. The van der Waals surface area contributed by atoms with Crippen molar-refractivity contribution in [3.63, 3.8) is 0 Å². The van der Waals surface area contributed by atoms with E-state index in [2.05, 4.69) is 9.97 Å². The third kappa shape index (κ3) is 2.30. The maximum Gasteiger partial charge on any atom is 0.329 e. The molecular formula is C8H13N5O2. The molecule has 0 saturated heterocycles. The maximum atomic E-state index is 10.7. The van der Waals surface area contributed by atoms with Gasteiger partial charge in [-0.05, 0) is 13.8 Å². The van der Waals surface area contributed by atoms with E-state index in [9.17, 15) is 10.1 Å². The molecule has 7 nitrogen and oxygen atoms in total. The molecule has 0 saturated carbocycles. The third-order valence-electron chi connectivity index (χ3n) is 2.07. The van der Waals surface area contributed by atoms with E-state index in [1.165, 1.54) is 0 Å². The molecular weight excluding hydrogens is 198 g/mol. The van der Waals surface area contributed by atoms with Gasteiger partial charge in [-0.1, -0.05) is 0 Å². The molecule has 0 aliphatic rings. The predicted octanol–water partition coefficient (Wildman–Crippen LogP) is 0.812. The van der Waals surface area contributed by atoms with Crippen molar-refractivity contribution in [2.45, 2.75) is 19.9 Å². The lowest BCUT2D eigenvalue weighted by Gasteiger charge is -2.21. The Kier molecular flexibility index (Phi) is 3.03. The van der Waals surface area contributed by atoms with Crippen LogP contribution >= 0.6 is 0 Å². The molecule has 1 heterocycles. The van der Waals surface area contributed by atoms with Crippen molar-refractivity contribution in [3.05, 3.63) is 16.3 Å². The van der Waals surface area contributed by atoms with Crippen LogP contribution in [0.2, 0.25) is 0 Å². The number of anilines is 2. The summed E-state index contributed by atoms with van der Waals surface area (Å²) in [4.78, 5) is 19.3. The van der Waals surface area contributed by atoms with Gasteiger partial charge in [-0.2, -0.15) is 4.98 Å². The lowest BCUT2D eigenvalue weighted by atomic mass is 10.3. The monoisotopic (exact) mass is 211 g/mol. The number of nitrogens with zero attached hydrogens (tertiary/aromatic N) is 4. The van der Waals surface area contributed by atoms with Gasteiger partial charge in [-0.15, -0.1) is 0 Å². The molecule has 15 heavy (non-hydrogen) atoms. The Morgan fingerprint density at radius 3 is 2.67 bits per heavy atom. The Morgan fingerprint density at radius 2 is 2.20 bits per heavy atom. The molecule has 0 aromatic carbocycles. The molecule has 0 aliphatic heterocycles. The van der Waals surface area contributed by atoms with Crippen molar-refractivity contribution in [1.29, 1.82) is 0 Å². The second kappa shape index (κ2) is 4.07. The molecule has 0 spiro atoms. The number of nitrogen functional groups attached to an aromatic ring is 1. The first-order chi connectivity index (χ1) is 6.93. The van der Waals surface area contributed by atoms with Crippen LogP contribution in [-0.2, 0) is 0 Å². The van der Waals surface area contributed by atoms with Crippen molar-refractivity contribution in [2.75, 3.05) is 17.7 Å². The lowest BCUT2D eigenvalue weighted by molar-refractivity contribution is -0.384. The van der Waals surface area contributed by atoms with Crippen molar-refractivity contribution in [2.24, 2.45) is 0 Å². The van der Waals surface area contributed by atoms with Gasteiger partial charge in [-0.25, -0.2) is 4.98 Å². The fourth-order valence-electron chi connectivity index (χ4n) is 1.01. The SMILES string of the molecule is CC(C)N(C)c1nc(N)ncc1[N+](=O)[O-]. The summed E-state index contributed by atoms with van der Waals surface area (Å²) in [6, 6.07) is 0.0954. The van der Waals surface area contributed by atoms with Gasteiger partial charge in [0.05, 0.1) is 4.92 Å². The summed E-state index contributed by atoms with van der Waals surface area (Å²) in [5.41, 5.74) is 5.26. The van der Waals surface area contributed by atoms with E-state index >= 15 is 0 Å². The zero-order valence-corrected chi connectivity index (χ0v) is 8.84. The highest BCUT2D eigenvalue weighted by atomic mass is 16.6. The van der Waals surface area contributed by atoms with Crippen LogP contribution in [0, 0.1) is 10.1 Å². The molecule has 7 heteroatoms. The van der Waals surface area contributed by atoms with E-state index in [-0.39, 0.29) is 23.5 Å². The quantitative estimate of drug-likeness (QED) is 0.586. The third-order valence-corrected chi connectivity index (χ3v) is 2.07. The average molecular weight is 211 g/mol. The first kappa shape index (κ1) is 11.2. The van der Waals surface area contributed by atoms with Gasteiger partial charge in [0.1, 0.15) is 6.20 Å². The summed E-state index contributed by atoms with van der Waals surface area (Å²) < 4.78 is 0. The van der Waals surface area contributed by atoms with Crippen LogP contribution < -0.4 is 10.6 Å². The van der Waals surface area contributed by atoms with Crippen molar-refractivity contribution in [3.8, 4) is 0 Å². The topological polar surface area (TPSA) is 98.2 Å². The fraction of sp³-hybridized carbons (Fsp3) is 0.500. The van der Waals surface area contributed by atoms with E-state index in [0.29, 0.717) is 0 Å². The van der Waals surface area contributed by atoms with Gasteiger partial charge in [-0.3, -0.25) is 10.1 Å². The fourth-order valence-corrected chi connectivity index (χ4v) is 1.01. The van der Waals surface area contributed by atoms with E-state index in [1.54, 1.807) is 11.9 Å². The number of nitrogens with two attached hydrogens (primary N) is 1. The minimum absolute atomic E-state index is 0.0306. The van der Waals surface area contributed by atoms with Gasteiger partial charge in [0.2, 0.25) is 11.8 Å². The first-order valence-electron chi connectivity index (χ1n) is 4.43. The molecule has 1 aromatic rings. The summed E-state index contributed by atoms with van der Waals surface area (Å²) in [7, 11) is 1.72. The van der Waals surface area contributed by atoms with Gasteiger partial charge >= 0.3 is 5.69 Å². The summed E-state index contributed by atoms with van der Waals surface area (Å²) >= 11 is 0. The Balaban J connectivity index is 3.24. The minimum atomic E-state index is -0.520. The number of hydrogen-bond acceptors (Lipinski definition) is 6. The molecule has 0 atom stereocenters. The molecule has 2 N–H and O–H groups in total. The molecule has 0 unspecified atom stereocenters. The summed E-state index contributed by atoms with van der Waals surface area (Å²) in [5.74, 6) is 0.269. The number of nitro groups is 1. The van der Waals surface area contributed by atoms with Crippen LogP contribution in [0.3, 0.4) is 0 Å². The zero-order chi connectivity index (χ0) is 11.6. The highest BCUT2D eigenvalue weighted by Crippen LogP contribution is 2.25. The molecule has 0 aliphatic carbocycles. The summed E-state index contributed by atoms with van der Waals surface area (Å²) in [6.45, 7) is 3.81. The molecule has 0 radical (unpaired) electrons. The van der Waals surface area contributed by atoms with Crippen molar-refractivity contribution < 1.29 is 4.92 Å². The van der Waals surface area contributed by atoms with Crippen LogP contribution in [0.1, 0.15) is 13.8 Å². The smallest absolute Gasteiger partial charge is 0.329 e. The highest BCUT2D eigenvalue weighted by molar-refractivity contribution is 5.58. The van der Waals surface area contributed by atoms with Crippen molar-refractivity contribution >= 4 is 17.5 Å². The van der Waals surface area contributed by atoms with E-state index in [4.69, 9.17) is 5.73 Å². The molecule has 0 bridgehead atoms. The predicted molar refractivity (Wildman–Crippen MR) is 56.6 cm³/mol. The number of aromatic nitrogens is 2. The van der Waals surface area contributed by atoms with Crippen LogP contribution in [0.4, 0.5) is 17.5 Å². The summed E-state index contributed by atoms with van der Waals surface area (Å²) in [5, 5.41) is 10.7. The van der Waals surface area contributed by atoms with E-state index < -0.39 is 4.92 Å². The van der Waals surface area contributed by atoms with E-state index in [0.717, 1.165) is 6.20 Å². The zero-order valence-electron chi connectivity index (χ0n) is 8.84. The highest BCUT2D eigenvalue weighted by Gasteiger charge is 2.21. The normalized spacial score (nSPS) is 10.4. The standard InChI is InChI=1S/C8H13N5O2/c1-5(2)12(3)7-6(13(14)15)4-10-8(9)11-7/h4-5H,1-3H3,(H2,9,10,11). The molecule has 1 aromatic heterocycles. The van der Waals surface area contributed by atoms with Crippen molar-refractivity contribution in [1.82, 2.24) is 9.97 Å². The molecule has 1 rings (SSSR count). The summed E-state index contributed by atoms with van der Waals surface area (Å²) in [6.07, 6.45) is 1.12. The molecule has 82 valence electrons. The minimum Gasteiger partial charge on any atom is -0.368 e. The Labute approximate surface area is 87.1 Å². The van der Waals surface area contributed by atoms with Gasteiger partial charge in [0.25, 0.3) is 0 Å². The van der Waals surface area contributed by atoms with Crippen LogP contribution in [0.5, 0.6) is 0 Å². The van der Waals surface area contributed by atoms with Crippen LogP contribution in [-0.4, -0.2) is 28.0 Å². The lowest BCUT2D eigenvalue weighted by Crippen LogP contribution is -2.27. The number of rotatable bonds is 3. The second-order valence-corrected chi connectivity index (χ2v) is 3.40. The van der Waals surface area contributed by atoms with Crippen LogP contribution in [0.15, 0.2) is 6.20 Å². The average Bonchev–Trinajstić information content (AvgIpc) is 2.15.